The highest BCUT2D eigenvalue weighted by atomic mass is 16.7. The Bertz CT molecular complexity index is 1430. The lowest BCUT2D eigenvalue weighted by Crippen LogP contribution is -2.43. The number of methoxy groups -OCH3 is 1. The van der Waals surface area contributed by atoms with Crippen LogP contribution in [0, 0.1) is 5.41 Å². The molecule has 11 nitrogen and oxygen atoms in total. The lowest BCUT2D eigenvalue weighted by Gasteiger charge is -2.37. The summed E-state index contributed by atoms with van der Waals surface area (Å²) in [4.78, 5) is 23.6. The maximum Gasteiger partial charge on any atom is 0.343 e. The molecule has 0 N–H and O–H groups in total. The lowest BCUT2D eigenvalue weighted by molar-refractivity contribution is -0.138. The van der Waals surface area contributed by atoms with Gasteiger partial charge in [-0.15, -0.1) is 0 Å². The highest BCUT2D eigenvalue weighted by Crippen LogP contribution is 2.32. The van der Waals surface area contributed by atoms with Crippen molar-refractivity contribution in [3.05, 3.63) is 84.9 Å². The third kappa shape index (κ3) is 12.1. The number of carbonyl (C=O) groups is 2. The molecule has 0 bridgehead atoms. The number of ether oxygens (including phenoxy) is 9. The molecule has 48 heavy (non-hydrogen) atoms. The molecular formula is C37H44O11. The Kier molecular flexibility index (Phi) is 14.4. The summed E-state index contributed by atoms with van der Waals surface area (Å²) in [5, 5.41) is 0. The van der Waals surface area contributed by atoms with Crippen LogP contribution in [0.5, 0.6) is 34.5 Å². The van der Waals surface area contributed by atoms with Crippen LogP contribution in [0.1, 0.15) is 43.0 Å². The van der Waals surface area contributed by atoms with Crippen LogP contribution >= 0.6 is 0 Å². The summed E-state index contributed by atoms with van der Waals surface area (Å²) >= 11 is 0. The Morgan fingerprint density at radius 2 is 1.35 bits per heavy atom. The van der Waals surface area contributed by atoms with E-state index in [1.54, 1.807) is 73.8 Å². The molecule has 0 aromatic heterocycles. The van der Waals surface area contributed by atoms with Crippen LogP contribution in [-0.4, -0.2) is 72.1 Å². The van der Waals surface area contributed by atoms with Crippen molar-refractivity contribution in [3.8, 4) is 34.5 Å². The van der Waals surface area contributed by atoms with Gasteiger partial charge in [-0.1, -0.05) is 13.5 Å². The van der Waals surface area contributed by atoms with Gasteiger partial charge < -0.3 is 42.6 Å². The number of hydrogen-bond acceptors (Lipinski definition) is 11. The van der Waals surface area contributed by atoms with E-state index in [0.29, 0.717) is 79.3 Å². The van der Waals surface area contributed by atoms with Crippen molar-refractivity contribution in [1.29, 1.82) is 0 Å². The molecule has 0 radical (unpaired) electrons. The normalized spacial score (nSPS) is 13.0. The third-order valence-corrected chi connectivity index (χ3v) is 7.22. The van der Waals surface area contributed by atoms with E-state index in [1.165, 1.54) is 0 Å². The van der Waals surface area contributed by atoms with Crippen molar-refractivity contribution in [3.63, 3.8) is 0 Å². The summed E-state index contributed by atoms with van der Waals surface area (Å²) in [5.41, 5.74) is 0.552. The summed E-state index contributed by atoms with van der Waals surface area (Å²) in [6, 6.07) is 18.7. The van der Waals surface area contributed by atoms with Crippen LogP contribution in [0.3, 0.4) is 0 Å². The van der Waals surface area contributed by atoms with Crippen molar-refractivity contribution in [2.24, 2.45) is 5.41 Å². The van der Waals surface area contributed by atoms with Crippen molar-refractivity contribution >= 4 is 11.9 Å². The van der Waals surface area contributed by atoms with E-state index in [-0.39, 0.29) is 12.2 Å². The first-order valence-corrected chi connectivity index (χ1v) is 15.9. The minimum atomic E-state index is -0.498. The summed E-state index contributed by atoms with van der Waals surface area (Å²) < 4.78 is 49.9. The lowest BCUT2D eigenvalue weighted by atomic mass is 9.90. The maximum atomic E-state index is 12.6. The average molecular weight is 665 g/mol. The molecule has 1 aliphatic heterocycles. The Morgan fingerprint density at radius 1 is 0.750 bits per heavy atom. The Labute approximate surface area is 281 Å². The van der Waals surface area contributed by atoms with Gasteiger partial charge in [-0.2, -0.15) is 0 Å². The number of hydrogen-bond donors (Lipinski definition) is 0. The summed E-state index contributed by atoms with van der Waals surface area (Å²) in [5.74, 6) is 2.37. The molecule has 0 amide bonds. The molecule has 0 atom stereocenters. The first-order valence-electron chi connectivity index (χ1n) is 15.9. The zero-order chi connectivity index (χ0) is 34.0. The Morgan fingerprint density at radius 3 is 2.04 bits per heavy atom. The van der Waals surface area contributed by atoms with E-state index in [9.17, 15) is 9.59 Å². The van der Waals surface area contributed by atoms with E-state index in [0.717, 1.165) is 38.7 Å². The standard InChI is InChI=1S/C37H44O11/c1-4-35(38)45-22-8-7-20-43-29-11-9-28(10-12-29)36(39)48-31-15-13-30(14-16-31)46-27-47-32-17-18-33(34(23-32)40-3)44-21-6-5-19-41-24-37(2)25-42-26-37/h4,9-18,23H,1,5-8,19-22,24-27H2,2-3H3. The summed E-state index contributed by atoms with van der Waals surface area (Å²) in [6.45, 7) is 9.77. The van der Waals surface area contributed by atoms with Gasteiger partial charge in [0.15, 0.2) is 11.5 Å². The van der Waals surface area contributed by atoms with Crippen molar-refractivity contribution in [2.45, 2.75) is 32.6 Å². The molecule has 4 rings (SSSR count). The molecule has 258 valence electrons. The van der Waals surface area contributed by atoms with Crippen LogP contribution in [0.2, 0.25) is 0 Å². The topological polar surface area (TPSA) is 117 Å². The third-order valence-electron chi connectivity index (χ3n) is 7.22. The van der Waals surface area contributed by atoms with Gasteiger partial charge in [0.1, 0.15) is 23.0 Å². The van der Waals surface area contributed by atoms with Gasteiger partial charge in [-0.25, -0.2) is 9.59 Å². The molecule has 0 aliphatic carbocycles. The van der Waals surface area contributed by atoms with Crippen molar-refractivity contribution in [1.82, 2.24) is 0 Å². The number of unbranched alkanes of at least 4 members (excludes halogenated alkanes) is 2. The summed E-state index contributed by atoms with van der Waals surface area (Å²) in [7, 11) is 1.58. The fourth-order valence-corrected chi connectivity index (χ4v) is 4.45. The van der Waals surface area contributed by atoms with E-state index in [2.05, 4.69) is 13.5 Å². The first-order chi connectivity index (χ1) is 23.4. The highest BCUT2D eigenvalue weighted by Gasteiger charge is 2.33. The second kappa shape index (κ2) is 19.2. The van der Waals surface area contributed by atoms with Crippen LogP contribution in [0.4, 0.5) is 0 Å². The molecule has 0 saturated carbocycles. The van der Waals surface area contributed by atoms with Gasteiger partial charge in [0, 0.05) is 24.2 Å². The largest absolute Gasteiger partial charge is 0.494 e. The molecule has 1 saturated heterocycles. The Hall–Kier alpha value is -4.74. The molecule has 0 spiro atoms. The second-order valence-electron chi connectivity index (χ2n) is 11.4. The molecule has 1 fully saturated rings. The molecule has 1 heterocycles. The quantitative estimate of drug-likeness (QED) is 0.0389. The fraction of sp³-hybridized carbons (Fsp3) is 0.405. The van der Waals surface area contributed by atoms with Crippen LogP contribution in [-0.2, 0) is 19.0 Å². The number of benzene rings is 3. The van der Waals surface area contributed by atoms with Gasteiger partial charge in [0.05, 0.1) is 52.3 Å². The van der Waals surface area contributed by atoms with Crippen LogP contribution < -0.4 is 28.4 Å². The molecule has 3 aromatic carbocycles. The first kappa shape index (κ1) is 36.1. The van der Waals surface area contributed by atoms with E-state index >= 15 is 0 Å². The fourth-order valence-electron chi connectivity index (χ4n) is 4.45. The minimum Gasteiger partial charge on any atom is -0.494 e. The van der Waals surface area contributed by atoms with Gasteiger partial charge in [0.25, 0.3) is 0 Å². The summed E-state index contributed by atoms with van der Waals surface area (Å²) in [6.07, 6.45) is 4.30. The second-order valence-corrected chi connectivity index (χ2v) is 11.4. The predicted molar refractivity (Wildman–Crippen MR) is 177 cm³/mol. The monoisotopic (exact) mass is 664 g/mol. The maximum absolute atomic E-state index is 12.6. The van der Waals surface area contributed by atoms with E-state index < -0.39 is 11.9 Å². The van der Waals surface area contributed by atoms with E-state index in [4.69, 9.17) is 42.6 Å². The molecule has 0 unspecified atom stereocenters. The van der Waals surface area contributed by atoms with Gasteiger partial charge in [-0.05, 0) is 86.3 Å². The SMILES string of the molecule is C=CC(=O)OCCCCOc1ccc(C(=O)Oc2ccc(OCOc3ccc(OCCCCOCC4(C)COC4)c(OC)c3)cc2)cc1. The van der Waals surface area contributed by atoms with Gasteiger partial charge in [-0.3, -0.25) is 0 Å². The average Bonchev–Trinajstić information content (AvgIpc) is 3.09. The smallest absolute Gasteiger partial charge is 0.343 e. The molecule has 1 aliphatic rings. The van der Waals surface area contributed by atoms with Crippen LogP contribution in [0.25, 0.3) is 0 Å². The minimum absolute atomic E-state index is 0.0369. The molecule has 3 aromatic rings. The zero-order valence-electron chi connectivity index (χ0n) is 27.6. The Balaban J connectivity index is 1.11. The number of carbonyl (C=O) groups excluding carboxylic acids is 2. The predicted octanol–water partition coefficient (Wildman–Crippen LogP) is 6.43. The number of rotatable bonds is 22. The van der Waals surface area contributed by atoms with Crippen molar-refractivity contribution in [2.75, 3.05) is 60.2 Å². The zero-order valence-corrected chi connectivity index (χ0v) is 27.6. The van der Waals surface area contributed by atoms with E-state index in [1.807, 2.05) is 0 Å². The number of esters is 2. The molecular weight excluding hydrogens is 620 g/mol. The van der Waals surface area contributed by atoms with Crippen LogP contribution in [0.15, 0.2) is 79.4 Å². The molecule has 11 heteroatoms. The van der Waals surface area contributed by atoms with Gasteiger partial charge in [0.2, 0.25) is 6.79 Å². The van der Waals surface area contributed by atoms with Crippen molar-refractivity contribution < 1.29 is 52.2 Å². The highest BCUT2D eigenvalue weighted by molar-refractivity contribution is 5.91. The van der Waals surface area contributed by atoms with Gasteiger partial charge >= 0.3 is 11.9 Å².